The van der Waals surface area contributed by atoms with E-state index in [4.69, 9.17) is 26.7 Å². The summed E-state index contributed by atoms with van der Waals surface area (Å²) in [5.41, 5.74) is 5.93. The third-order valence-electron chi connectivity index (χ3n) is 16.0. The fourth-order valence-electron chi connectivity index (χ4n) is 12.4. The zero-order chi connectivity index (χ0) is 48.2. The molecule has 366 valence electrons. The standard InChI is InChI=1S/C52H59ClF2N12O3/c1-31(68)64-19-15-47-44(30-64)51(65-16-3-4-32-22-42(36-26-57-62(2)27-36)43(50(54)55)24-48(32)65)61-67(47)38-13-17-63(18-14-38)28-34-20-39-21-35(34)29-66(39)49-12-11-46(59-60-49)52(69)58-37-6-9-40(10-7-37)70-41-8-5-33(25-56)45(53)23-41/h5,8,11-12,22-24,26-27,34-35,37-40,50H,3-4,6-7,9-10,13-21,28-30H2,1-2H3,(H,58,69). The van der Waals surface area contributed by atoms with Crippen LogP contribution in [0.2, 0.25) is 5.02 Å². The summed E-state index contributed by atoms with van der Waals surface area (Å²) in [7, 11) is 1.79. The molecule has 11 rings (SSSR count). The minimum atomic E-state index is -2.66. The number of aromatic nitrogens is 6. The van der Waals surface area contributed by atoms with Gasteiger partial charge in [0.2, 0.25) is 5.91 Å². The first-order valence-electron chi connectivity index (χ1n) is 25.0. The van der Waals surface area contributed by atoms with E-state index >= 15 is 0 Å². The van der Waals surface area contributed by atoms with Crippen LogP contribution in [0.25, 0.3) is 11.1 Å². The van der Waals surface area contributed by atoms with Crippen LogP contribution in [-0.2, 0) is 31.2 Å². The summed E-state index contributed by atoms with van der Waals surface area (Å²) in [6, 6.07) is 15.2. The zero-order valence-electron chi connectivity index (χ0n) is 39.7. The molecule has 0 spiro atoms. The molecule has 6 aliphatic rings. The number of halogens is 3. The summed E-state index contributed by atoms with van der Waals surface area (Å²) in [6.45, 7) is 7.34. The molecular weight excluding hydrogens is 914 g/mol. The zero-order valence-corrected chi connectivity index (χ0v) is 40.5. The first-order chi connectivity index (χ1) is 34.0. The van der Waals surface area contributed by atoms with E-state index in [0.717, 1.165) is 119 Å². The molecule has 4 fully saturated rings. The number of amides is 2. The van der Waals surface area contributed by atoms with Crippen molar-refractivity contribution in [3.63, 3.8) is 0 Å². The van der Waals surface area contributed by atoms with Crippen molar-refractivity contribution in [3.8, 4) is 22.9 Å². The average molecular weight is 974 g/mol. The SMILES string of the molecule is CC(=O)N1CCc2c(c(N3CCCc4cc(-c5cnn(C)c5)c(C(F)F)cc43)nn2C2CCN(CC3CC4CC3CN4c3ccc(C(=O)NC4CCC(Oc5ccc(C#N)c(Cl)c5)CC4)nn3)CC2)C1. The van der Waals surface area contributed by atoms with Crippen molar-refractivity contribution in [3.05, 3.63) is 93.5 Å². The Hall–Kier alpha value is -6.12. The average Bonchev–Trinajstić information content (AvgIpc) is 4.18. The Balaban J connectivity index is 0.693. The van der Waals surface area contributed by atoms with Crippen molar-refractivity contribution in [2.75, 3.05) is 49.1 Å². The monoisotopic (exact) mass is 972 g/mol. The maximum atomic E-state index is 14.8. The highest BCUT2D eigenvalue weighted by Gasteiger charge is 2.46. The number of anilines is 3. The highest BCUT2D eigenvalue weighted by Crippen LogP contribution is 2.46. The number of alkyl halides is 2. The van der Waals surface area contributed by atoms with Crippen molar-refractivity contribution >= 4 is 40.7 Å². The fraction of sp³-hybridized carbons (Fsp3) is 0.519. The molecule has 1 N–H and O–H groups in total. The van der Waals surface area contributed by atoms with Crippen LogP contribution in [0, 0.1) is 23.2 Å². The van der Waals surface area contributed by atoms with Gasteiger partial charge in [0.1, 0.15) is 11.8 Å². The number of rotatable bonds is 11. The lowest BCUT2D eigenvalue weighted by Crippen LogP contribution is -2.43. The number of ether oxygens (including phenoxy) is 1. The van der Waals surface area contributed by atoms with Gasteiger partial charge in [0.15, 0.2) is 17.3 Å². The quantitative estimate of drug-likeness (QED) is 0.136. The highest BCUT2D eigenvalue weighted by molar-refractivity contribution is 6.31. The van der Waals surface area contributed by atoms with Crippen molar-refractivity contribution in [1.82, 2.24) is 44.9 Å². The van der Waals surface area contributed by atoms with Crippen LogP contribution in [0.15, 0.2) is 54.9 Å². The van der Waals surface area contributed by atoms with Gasteiger partial charge in [0.05, 0.1) is 35.5 Å². The molecule has 4 aliphatic heterocycles. The Morgan fingerprint density at radius 3 is 2.49 bits per heavy atom. The normalized spacial score (nSPS) is 23.6. The van der Waals surface area contributed by atoms with Gasteiger partial charge in [-0.1, -0.05) is 11.6 Å². The third kappa shape index (κ3) is 9.09. The van der Waals surface area contributed by atoms with Crippen LogP contribution in [-0.4, -0.2) is 109 Å². The maximum Gasteiger partial charge on any atom is 0.272 e. The Kier molecular flexibility index (Phi) is 12.7. The van der Waals surface area contributed by atoms with Gasteiger partial charge in [0.25, 0.3) is 12.3 Å². The molecule has 2 saturated heterocycles. The molecule has 5 aromatic rings. The van der Waals surface area contributed by atoms with Crippen LogP contribution in [0.1, 0.15) is 116 Å². The summed E-state index contributed by atoms with van der Waals surface area (Å²) in [4.78, 5) is 35.0. The minimum absolute atomic E-state index is 0.00993. The lowest BCUT2D eigenvalue weighted by atomic mass is 9.92. The molecule has 2 bridgehead atoms. The molecule has 2 saturated carbocycles. The van der Waals surface area contributed by atoms with E-state index in [-0.39, 0.29) is 35.6 Å². The summed E-state index contributed by atoms with van der Waals surface area (Å²) < 4.78 is 39.6. The number of likely N-dealkylation sites (tertiary alicyclic amines) is 1. The largest absolute Gasteiger partial charge is 0.490 e. The van der Waals surface area contributed by atoms with Gasteiger partial charge in [-0.2, -0.15) is 15.5 Å². The van der Waals surface area contributed by atoms with Gasteiger partial charge in [-0.15, -0.1) is 10.2 Å². The molecule has 15 nitrogen and oxygen atoms in total. The summed E-state index contributed by atoms with van der Waals surface area (Å²) in [6.07, 6.45) is 10.5. The summed E-state index contributed by atoms with van der Waals surface area (Å²) in [5, 5.41) is 31.2. The maximum absolute atomic E-state index is 14.8. The lowest BCUT2D eigenvalue weighted by Gasteiger charge is -2.38. The van der Waals surface area contributed by atoms with E-state index in [1.54, 1.807) is 61.4 Å². The predicted molar refractivity (Wildman–Crippen MR) is 260 cm³/mol. The number of nitriles is 1. The van der Waals surface area contributed by atoms with Gasteiger partial charge in [0, 0.05) is 112 Å². The van der Waals surface area contributed by atoms with Gasteiger partial charge in [-0.25, -0.2) is 8.78 Å². The summed E-state index contributed by atoms with van der Waals surface area (Å²) in [5.74, 6) is 3.26. The number of nitrogens with one attached hydrogen (secondary N) is 1. The van der Waals surface area contributed by atoms with Crippen molar-refractivity contribution in [1.29, 1.82) is 5.26 Å². The third-order valence-corrected chi connectivity index (χ3v) is 16.3. The molecule has 3 unspecified atom stereocenters. The molecule has 70 heavy (non-hydrogen) atoms. The molecule has 0 radical (unpaired) electrons. The molecular formula is C52H59ClF2N12O3. The van der Waals surface area contributed by atoms with Gasteiger partial charge in [-0.3, -0.25) is 19.0 Å². The van der Waals surface area contributed by atoms with Crippen LogP contribution < -0.4 is 19.9 Å². The second kappa shape index (κ2) is 19.2. The number of aryl methyl sites for hydroxylation is 2. The number of carbonyl (C=O) groups is 2. The Bertz CT molecular complexity index is 2810. The molecule has 7 heterocycles. The molecule has 2 aromatic carbocycles. The number of hydrogen-bond donors (Lipinski definition) is 1. The van der Waals surface area contributed by atoms with E-state index in [1.807, 2.05) is 17.0 Å². The first-order valence-corrected chi connectivity index (χ1v) is 25.4. The van der Waals surface area contributed by atoms with Gasteiger partial charge in [-0.05, 0) is 124 Å². The lowest BCUT2D eigenvalue weighted by molar-refractivity contribution is -0.129. The fourth-order valence-corrected chi connectivity index (χ4v) is 12.6. The number of fused-ring (bicyclic) bond motifs is 4. The molecule has 2 amide bonds. The molecule has 3 aromatic heterocycles. The van der Waals surface area contributed by atoms with Crippen molar-refractivity contribution in [2.24, 2.45) is 18.9 Å². The smallest absolute Gasteiger partial charge is 0.272 e. The first kappa shape index (κ1) is 46.3. The van der Waals surface area contributed by atoms with Crippen LogP contribution in [0.5, 0.6) is 5.75 Å². The van der Waals surface area contributed by atoms with E-state index < -0.39 is 6.43 Å². The number of piperidine rings is 2. The Morgan fingerprint density at radius 2 is 1.80 bits per heavy atom. The highest BCUT2D eigenvalue weighted by atomic mass is 35.5. The van der Waals surface area contributed by atoms with Gasteiger partial charge >= 0.3 is 0 Å². The second-order valence-electron chi connectivity index (χ2n) is 20.3. The van der Waals surface area contributed by atoms with E-state index in [9.17, 15) is 18.4 Å². The van der Waals surface area contributed by atoms with Crippen LogP contribution in [0.4, 0.5) is 26.1 Å². The van der Waals surface area contributed by atoms with Crippen molar-refractivity contribution < 1.29 is 23.1 Å². The molecule has 2 aliphatic carbocycles. The number of hydrogen-bond acceptors (Lipinski definition) is 11. The predicted octanol–water partition coefficient (Wildman–Crippen LogP) is 8.20. The van der Waals surface area contributed by atoms with E-state index in [0.29, 0.717) is 77.1 Å². The Morgan fingerprint density at radius 1 is 0.971 bits per heavy atom. The van der Waals surface area contributed by atoms with Crippen LogP contribution in [0.3, 0.4) is 0 Å². The number of nitrogens with zero attached hydrogens (tertiary/aromatic N) is 11. The van der Waals surface area contributed by atoms with Crippen LogP contribution >= 0.6 is 11.6 Å². The Labute approximate surface area is 411 Å². The number of carbonyl (C=O) groups excluding carboxylic acids is 2. The van der Waals surface area contributed by atoms with E-state index in [2.05, 4.69) is 46.1 Å². The molecule has 18 heteroatoms. The topological polar surface area (TPSA) is 154 Å². The van der Waals surface area contributed by atoms with Gasteiger partial charge < -0.3 is 29.7 Å². The number of benzene rings is 2. The summed E-state index contributed by atoms with van der Waals surface area (Å²) >= 11 is 6.18. The van der Waals surface area contributed by atoms with Crippen molar-refractivity contribution in [2.45, 2.75) is 115 Å². The van der Waals surface area contributed by atoms with E-state index in [1.165, 1.54) is 5.69 Å². The minimum Gasteiger partial charge on any atom is -0.490 e. The second-order valence-corrected chi connectivity index (χ2v) is 20.7. The molecule has 3 atom stereocenters.